The molecule has 0 aliphatic rings. The molecule has 0 atom stereocenters. The zero-order valence-electron chi connectivity index (χ0n) is 11.4. The van der Waals surface area contributed by atoms with Crippen LogP contribution in [0.25, 0.3) is 0 Å². The molecule has 3 N–H and O–H groups in total. The molecule has 0 fully saturated rings. The molecule has 1 aromatic carbocycles. The molecule has 0 bridgehead atoms. The second-order valence-corrected chi connectivity index (χ2v) is 4.60. The predicted molar refractivity (Wildman–Crippen MR) is 76.6 cm³/mol. The first kappa shape index (κ1) is 15.8. The summed E-state index contributed by atoms with van der Waals surface area (Å²) in [4.78, 5) is 24.8. The van der Waals surface area contributed by atoms with Gasteiger partial charge in [-0.1, -0.05) is 17.7 Å². The maximum absolute atomic E-state index is 11.9. The van der Waals surface area contributed by atoms with Crippen LogP contribution >= 0.6 is 11.9 Å². The summed E-state index contributed by atoms with van der Waals surface area (Å²) < 4.78 is 7.07. The van der Waals surface area contributed by atoms with E-state index in [4.69, 9.17) is 5.41 Å². The van der Waals surface area contributed by atoms with Crippen molar-refractivity contribution in [1.29, 1.82) is 5.41 Å². The Morgan fingerprint density at radius 2 is 1.85 bits per heavy atom. The molecule has 0 aliphatic heterocycles. The zero-order valence-corrected chi connectivity index (χ0v) is 12.2. The molecule has 0 aliphatic carbocycles. The van der Waals surface area contributed by atoms with Gasteiger partial charge in [-0.3, -0.25) is 10.1 Å². The Bertz CT molecular complexity index is 488. The molecule has 0 saturated carbocycles. The fraction of sp³-hybridized carbons (Fsp3) is 0.250. The Morgan fingerprint density at radius 3 is 2.35 bits per heavy atom. The molecule has 4 amide bonds. The number of imide groups is 1. The molecule has 0 spiro atoms. The van der Waals surface area contributed by atoms with Gasteiger partial charge in [0.25, 0.3) is 0 Å². The van der Waals surface area contributed by atoms with E-state index in [1.807, 2.05) is 31.2 Å². The van der Waals surface area contributed by atoms with E-state index >= 15 is 0 Å². The molecule has 0 heterocycles. The van der Waals surface area contributed by atoms with E-state index in [1.165, 1.54) is 14.2 Å². The number of nitrogens with zero attached hydrogens (tertiary/aromatic N) is 1. The summed E-state index contributed by atoms with van der Waals surface area (Å²) in [5, 5.41) is 9.71. The average Bonchev–Trinajstić information content (AvgIpc) is 2.46. The lowest BCUT2D eigenvalue weighted by atomic mass is 10.2. The minimum atomic E-state index is -0.762. The number of carbonyl (C=O) groups is 2. The Morgan fingerprint density at radius 1 is 1.25 bits per heavy atom. The van der Waals surface area contributed by atoms with Crippen LogP contribution in [0.2, 0.25) is 0 Å². The summed E-state index contributed by atoms with van der Waals surface area (Å²) in [6.45, 7) is 1.96. The molecule has 0 unspecified atom stereocenters. The number of carbonyl (C=O) groups excluding carboxylic acids is 2. The van der Waals surface area contributed by atoms with E-state index in [0.717, 1.165) is 22.4 Å². The third-order valence-electron chi connectivity index (χ3n) is 2.29. The van der Waals surface area contributed by atoms with Crippen molar-refractivity contribution >= 4 is 30.0 Å². The summed E-state index contributed by atoms with van der Waals surface area (Å²) in [5.74, 6) is 0. The third kappa shape index (κ3) is 4.16. The summed E-state index contributed by atoms with van der Waals surface area (Å²) in [7, 11) is 2.57. The molecule has 0 aromatic heterocycles. The highest BCUT2D eigenvalue weighted by Gasteiger charge is 2.26. The average molecular weight is 296 g/mol. The largest absolute Gasteiger partial charge is 0.468 e. The smallest absolute Gasteiger partial charge is 0.344 e. The van der Waals surface area contributed by atoms with Crippen LogP contribution in [0.5, 0.6) is 0 Å². The summed E-state index contributed by atoms with van der Waals surface area (Å²) in [6.07, 6.45) is 0. The molecule has 0 radical (unpaired) electrons. The van der Waals surface area contributed by atoms with Gasteiger partial charge in [-0.05, 0) is 31.0 Å². The van der Waals surface area contributed by atoms with Gasteiger partial charge in [-0.2, -0.15) is 4.90 Å². The van der Waals surface area contributed by atoms with E-state index in [9.17, 15) is 9.59 Å². The minimum Gasteiger partial charge on any atom is -0.468 e. The van der Waals surface area contributed by atoms with Crippen LogP contribution in [0.15, 0.2) is 29.2 Å². The highest BCUT2D eigenvalue weighted by molar-refractivity contribution is 7.98. The normalized spacial score (nSPS) is 9.55. The van der Waals surface area contributed by atoms with Crippen LogP contribution < -0.4 is 10.0 Å². The molecule has 1 aromatic rings. The van der Waals surface area contributed by atoms with Gasteiger partial charge in [0.1, 0.15) is 0 Å². The number of benzene rings is 1. The maximum atomic E-state index is 11.9. The van der Waals surface area contributed by atoms with Gasteiger partial charge >= 0.3 is 18.1 Å². The monoisotopic (exact) mass is 296 g/mol. The number of urea groups is 2. The van der Waals surface area contributed by atoms with Crippen molar-refractivity contribution in [2.45, 2.75) is 11.8 Å². The van der Waals surface area contributed by atoms with Gasteiger partial charge in [0.05, 0.1) is 7.11 Å². The van der Waals surface area contributed by atoms with Gasteiger partial charge < -0.3 is 10.1 Å². The topological polar surface area (TPSA) is 94.5 Å². The van der Waals surface area contributed by atoms with Crippen molar-refractivity contribution < 1.29 is 14.3 Å². The highest BCUT2D eigenvalue weighted by atomic mass is 32.2. The summed E-state index contributed by atoms with van der Waals surface area (Å²) in [6, 6.07) is 5.41. The Kier molecular flexibility index (Phi) is 5.85. The molecular weight excluding hydrogens is 280 g/mol. The lowest BCUT2D eigenvalue weighted by molar-refractivity contribution is 0.199. The van der Waals surface area contributed by atoms with Crippen LogP contribution in [0.4, 0.5) is 9.59 Å². The SMILES string of the molecule is CNC(=O)N(C(=N)OC)C(=O)NSc1ccc(C)cc1. The molecule has 20 heavy (non-hydrogen) atoms. The number of amides is 4. The first-order valence-electron chi connectivity index (χ1n) is 5.67. The molecule has 108 valence electrons. The second kappa shape index (κ2) is 7.39. The number of ether oxygens (including phenoxy) is 1. The van der Waals surface area contributed by atoms with Crippen molar-refractivity contribution in [3.05, 3.63) is 29.8 Å². The van der Waals surface area contributed by atoms with Crippen molar-refractivity contribution in [1.82, 2.24) is 14.9 Å². The van der Waals surface area contributed by atoms with E-state index in [2.05, 4.69) is 14.8 Å². The van der Waals surface area contributed by atoms with E-state index in [0.29, 0.717) is 4.90 Å². The first-order valence-corrected chi connectivity index (χ1v) is 6.49. The van der Waals surface area contributed by atoms with Gasteiger partial charge in [-0.15, -0.1) is 0 Å². The fourth-order valence-electron chi connectivity index (χ4n) is 1.23. The summed E-state index contributed by atoms with van der Waals surface area (Å²) in [5.41, 5.74) is 1.11. The third-order valence-corrected chi connectivity index (χ3v) is 3.08. The number of hydrogen-bond acceptors (Lipinski definition) is 5. The van der Waals surface area contributed by atoms with E-state index < -0.39 is 18.1 Å². The number of amidine groups is 1. The van der Waals surface area contributed by atoms with Gasteiger partial charge in [0.2, 0.25) is 0 Å². The van der Waals surface area contributed by atoms with Gasteiger partial charge in [0, 0.05) is 11.9 Å². The standard InChI is InChI=1S/C12H16N4O3S/c1-8-4-6-9(7-5-8)20-15-12(18)16(10(13)19-3)11(17)14-2/h4-7,13H,1-3H3,(H,14,17)(H,15,18). The van der Waals surface area contributed by atoms with Crippen molar-refractivity contribution in [3.8, 4) is 0 Å². The fourth-order valence-corrected chi connectivity index (χ4v) is 1.80. The van der Waals surface area contributed by atoms with Crippen molar-refractivity contribution in [3.63, 3.8) is 0 Å². The quantitative estimate of drug-likeness (QED) is 0.441. The number of hydrogen-bond donors (Lipinski definition) is 3. The molecule has 0 saturated heterocycles. The highest BCUT2D eigenvalue weighted by Crippen LogP contribution is 2.15. The Hall–Kier alpha value is -2.22. The van der Waals surface area contributed by atoms with Gasteiger partial charge in [0.15, 0.2) is 0 Å². The number of methoxy groups -OCH3 is 1. The van der Waals surface area contributed by atoms with E-state index in [1.54, 1.807) is 0 Å². The minimum absolute atomic E-state index is 0.557. The van der Waals surface area contributed by atoms with E-state index in [-0.39, 0.29) is 0 Å². The van der Waals surface area contributed by atoms with Crippen LogP contribution in [-0.2, 0) is 4.74 Å². The molecule has 7 nitrogen and oxygen atoms in total. The number of nitrogens with one attached hydrogen (secondary N) is 3. The second-order valence-electron chi connectivity index (χ2n) is 3.72. The number of aryl methyl sites for hydroxylation is 1. The van der Waals surface area contributed by atoms with Gasteiger partial charge in [-0.25, -0.2) is 9.59 Å². The Balaban J connectivity index is 2.69. The van der Waals surface area contributed by atoms with Crippen LogP contribution in [0.3, 0.4) is 0 Å². The first-order chi connectivity index (χ1) is 9.49. The van der Waals surface area contributed by atoms with Crippen LogP contribution in [0, 0.1) is 12.3 Å². The summed E-state index contributed by atoms with van der Waals surface area (Å²) >= 11 is 1.05. The lowest BCUT2D eigenvalue weighted by Crippen LogP contribution is -2.49. The Labute approximate surface area is 121 Å². The molecular formula is C12H16N4O3S. The van der Waals surface area contributed by atoms with Crippen molar-refractivity contribution in [2.24, 2.45) is 0 Å². The lowest BCUT2D eigenvalue weighted by Gasteiger charge is -2.19. The van der Waals surface area contributed by atoms with Crippen molar-refractivity contribution in [2.75, 3.05) is 14.2 Å². The molecule has 8 heteroatoms. The number of rotatable bonds is 2. The van der Waals surface area contributed by atoms with Crippen LogP contribution in [-0.4, -0.2) is 37.1 Å². The van der Waals surface area contributed by atoms with Crippen LogP contribution in [0.1, 0.15) is 5.56 Å². The molecule has 1 rings (SSSR count). The predicted octanol–water partition coefficient (Wildman–Crippen LogP) is 1.93. The maximum Gasteiger partial charge on any atom is 0.344 e. The zero-order chi connectivity index (χ0) is 15.1.